The van der Waals surface area contributed by atoms with Crippen molar-refractivity contribution in [3.8, 4) is 0 Å². The number of carbonyl (C=O) groups excluding carboxylic acids is 1. The molecule has 0 unspecified atom stereocenters. The number of hydrogen-bond donors (Lipinski definition) is 0. The second-order valence-electron chi connectivity index (χ2n) is 3.03. The van der Waals surface area contributed by atoms with E-state index in [0.717, 1.165) is 12.8 Å². The molecule has 0 aromatic rings. The average molecular weight is 157 g/mol. The van der Waals surface area contributed by atoms with Crippen molar-refractivity contribution in [2.24, 2.45) is 10.2 Å². The fourth-order valence-electron chi connectivity index (χ4n) is 0.838. The number of carboxylic acid groups (broad SMARTS) is 1. The van der Waals surface area contributed by atoms with Crippen molar-refractivity contribution in [2.45, 2.75) is 39.2 Å². The van der Waals surface area contributed by atoms with E-state index in [2.05, 4.69) is 10.2 Å². The van der Waals surface area contributed by atoms with E-state index < -0.39 is 6.09 Å². The Morgan fingerprint density at radius 1 is 1.55 bits per heavy atom. The first kappa shape index (κ1) is 10.1. The molecule has 0 fully saturated rings. The maximum absolute atomic E-state index is 9.88. The summed E-state index contributed by atoms with van der Waals surface area (Å²) in [5, 5.41) is 16.4. The summed E-state index contributed by atoms with van der Waals surface area (Å²) >= 11 is 0. The molecule has 0 aromatic heterocycles. The molecule has 0 bridgehead atoms. The lowest BCUT2D eigenvalue weighted by Gasteiger charge is -2.15. The molecular formula is C7H13N2O2-. The lowest BCUT2D eigenvalue weighted by atomic mass is 10.0. The van der Waals surface area contributed by atoms with Gasteiger partial charge in [0.1, 0.15) is 0 Å². The molecule has 0 N–H and O–H groups in total. The minimum atomic E-state index is -1.48. The Labute approximate surface area is 66.3 Å². The fourth-order valence-corrected chi connectivity index (χ4v) is 0.838. The summed E-state index contributed by atoms with van der Waals surface area (Å²) in [6, 6.07) is 0. The van der Waals surface area contributed by atoms with Crippen LogP contribution in [0.3, 0.4) is 0 Å². The topological polar surface area (TPSA) is 64.8 Å². The van der Waals surface area contributed by atoms with Gasteiger partial charge in [-0.1, -0.05) is 13.3 Å². The lowest BCUT2D eigenvalue weighted by Crippen LogP contribution is -2.20. The van der Waals surface area contributed by atoms with Gasteiger partial charge < -0.3 is 9.90 Å². The maximum Gasteiger partial charge on any atom is 0.185 e. The van der Waals surface area contributed by atoms with E-state index in [-0.39, 0.29) is 5.54 Å². The van der Waals surface area contributed by atoms with Crippen molar-refractivity contribution in [3.05, 3.63) is 0 Å². The molecule has 0 aromatic carbocycles. The molecule has 0 rings (SSSR count). The van der Waals surface area contributed by atoms with Crippen LogP contribution in [0.1, 0.15) is 33.6 Å². The Kier molecular flexibility index (Phi) is 3.71. The van der Waals surface area contributed by atoms with E-state index >= 15 is 0 Å². The van der Waals surface area contributed by atoms with Gasteiger partial charge in [-0.05, 0) is 20.3 Å². The molecule has 1 amide bonds. The molecule has 4 nitrogen and oxygen atoms in total. The molecule has 0 radical (unpaired) electrons. The van der Waals surface area contributed by atoms with Crippen LogP contribution in [0.15, 0.2) is 10.2 Å². The van der Waals surface area contributed by atoms with Gasteiger partial charge in [0.25, 0.3) is 0 Å². The zero-order valence-corrected chi connectivity index (χ0v) is 7.13. The van der Waals surface area contributed by atoms with Gasteiger partial charge in [0.05, 0.1) is 5.54 Å². The van der Waals surface area contributed by atoms with Gasteiger partial charge in [-0.15, -0.1) is 5.11 Å². The number of azo groups is 1. The van der Waals surface area contributed by atoms with Crippen LogP contribution in [-0.2, 0) is 0 Å². The number of rotatable bonds is 3. The minimum Gasteiger partial charge on any atom is -0.527 e. The largest absolute Gasteiger partial charge is 0.527 e. The van der Waals surface area contributed by atoms with Crippen molar-refractivity contribution in [3.63, 3.8) is 0 Å². The molecule has 0 saturated heterocycles. The molecular weight excluding hydrogens is 144 g/mol. The molecule has 0 heterocycles. The standard InChI is InChI=1S/C7H14N2O2/c1-4-5-7(2,3)9-8-6(10)11/h4-5H2,1-3H3,(H,10,11)/p-1. The van der Waals surface area contributed by atoms with Crippen LogP contribution < -0.4 is 5.11 Å². The Balaban J connectivity index is 3.99. The van der Waals surface area contributed by atoms with Crippen LogP contribution in [0.25, 0.3) is 0 Å². The normalized spacial score (nSPS) is 12.3. The highest BCUT2D eigenvalue weighted by molar-refractivity contribution is 5.62. The second kappa shape index (κ2) is 4.05. The van der Waals surface area contributed by atoms with Crippen molar-refractivity contribution in [2.75, 3.05) is 0 Å². The van der Waals surface area contributed by atoms with Crippen LogP contribution in [-0.4, -0.2) is 11.6 Å². The third-order valence-electron chi connectivity index (χ3n) is 1.26. The third-order valence-corrected chi connectivity index (χ3v) is 1.26. The minimum absolute atomic E-state index is 0.380. The monoisotopic (exact) mass is 157 g/mol. The van der Waals surface area contributed by atoms with Gasteiger partial charge in [-0.2, -0.15) is 5.11 Å². The second-order valence-corrected chi connectivity index (χ2v) is 3.03. The van der Waals surface area contributed by atoms with Crippen LogP contribution in [0.5, 0.6) is 0 Å². The number of carbonyl (C=O) groups is 1. The number of nitrogens with zero attached hydrogens (tertiary/aromatic N) is 2. The molecule has 11 heavy (non-hydrogen) atoms. The Morgan fingerprint density at radius 3 is 2.45 bits per heavy atom. The summed E-state index contributed by atoms with van der Waals surface area (Å²) in [5.74, 6) is 0. The summed E-state index contributed by atoms with van der Waals surface area (Å²) < 4.78 is 0. The van der Waals surface area contributed by atoms with Gasteiger partial charge in [0, 0.05) is 0 Å². The van der Waals surface area contributed by atoms with Gasteiger partial charge in [-0.25, -0.2) is 0 Å². The number of hydrogen-bond acceptors (Lipinski definition) is 3. The van der Waals surface area contributed by atoms with E-state index in [1.807, 2.05) is 20.8 Å². The SMILES string of the molecule is CCCC(C)(C)N=NC(=O)[O-]. The molecule has 4 heteroatoms. The predicted molar refractivity (Wildman–Crippen MR) is 39.2 cm³/mol. The fraction of sp³-hybridized carbons (Fsp3) is 0.857. The zero-order chi connectivity index (χ0) is 8.91. The molecule has 0 atom stereocenters. The van der Waals surface area contributed by atoms with E-state index in [9.17, 15) is 9.90 Å². The Morgan fingerprint density at radius 2 is 2.09 bits per heavy atom. The maximum atomic E-state index is 9.88. The highest BCUT2D eigenvalue weighted by atomic mass is 16.4. The van der Waals surface area contributed by atoms with Gasteiger partial charge >= 0.3 is 0 Å². The van der Waals surface area contributed by atoms with Crippen LogP contribution in [0.2, 0.25) is 0 Å². The molecule has 64 valence electrons. The molecule has 0 spiro atoms. The van der Waals surface area contributed by atoms with Crippen molar-refractivity contribution < 1.29 is 9.90 Å². The molecule has 0 aliphatic heterocycles. The summed E-state index contributed by atoms with van der Waals surface area (Å²) in [4.78, 5) is 9.88. The van der Waals surface area contributed by atoms with Crippen molar-refractivity contribution in [1.82, 2.24) is 0 Å². The van der Waals surface area contributed by atoms with Crippen LogP contribution >= 0.6 is 0 Å². The first-order chi connectivity index (χ1) is 4.98. The van der Waals surface area contributed by atoms with Crippen molar-refractivity contribution >= 4 is 6.09 Å². The van der Waals surface area contributed by atoms with Crippen molar-refractivity contribution in [1.29, 1.82) is 0 Å². The summed E-state index contributed by atoms with van der Waals surface area (Å²) in [7, 11) is 0. The van der Waals surface area contributed by atoms with Gasteiger partial charge in [0.2, 0.25) is 0 Å². The average Bonchev–Trinajstić information content (AvgIpc) is 1.84. The van der Waals surface area contributed by atoms with E-state index in [1.54, 1.807) is 0 Å². The highest BCUT2D eigenvalue weighted by Gasteiger charge is 2.14. The summed E-state index contributed by atoms with van der Waals surface area (Å²) in [6.07, 6.45) is 0.303. The lowest BCUT2D eigenvalue weighted by molar-refractivity contribution is -0.246. The molecule has 0 aliphatic carbocycles. The Hall–Kier alpha value is -0.930. The predicted octanol–water partition coefficient (Wildman–Crippen LogP) is 1.36. The quantitative estimate of drug-likeness (QED) is 0.580. The number of amides is 1. The van der Waals surface area contributed by atoms with Crippen LogP contribution in [0, 0.1) is 0 Å². The van der Waals surface area contributed by atoms with Gasteiger partial charge in [-0.3, -0.25) is 0 Å². The van der Waals surface area contributed by atoms with E-state index in [1.165, 1.54) is 0 Å². The summed E-state index contributed by atoms with van der Waals surface area (Å²) in [6.45, 7) is 5.68. The van der Waals surface area contributed by atoms with Crippen LogP contribution in [0.4, 0.5) is 4.79 Å². The Bertz CT molecular complexity index is 164. The molecule has 0 aliphatic rings. The first-order valence-electron chi connectivity index (χ1n) is 3.62. The molecule has 0 saturated carbocycles. The highest BCUT2D eigenvalue weighted by Crippen LogP contribution is 2.16. The van der Waals surface area contributed by atoms with Gasteiger partial charge in [0.15, 0.2) is 6.09 Å². The third kappa shape index (κ3) is 5.51. The van der Waals surface area contributed by atoms with E-state index in [4.69, 9.17) is 0 Å². The first-order valence-corrected chi connectivity index (χ1v) is 3.62. The zero-order valence-electron chi connectivity index (χ0n) is 7.13. The van der Waals surface area contributed by atoms with E-state index in [0.29, 0.717) is 0 Å². The summed E-state index contributed by atoms with van der Waals surface area (Å²) in [5.41, 5.74) is -0.380. The smallest absolute Gasteiger partial charge is 0.185 e.